The van der Waals surface area contributed by atoms with Gasteiger partial charge >= 0.3 is 0 Å². The van der Waals surface area contributed by atoms with Crippen molar-refractivity contribution in [1.29, 1.82) is 0 Å². The van der Waals surface area contributed by atoms with E-state index < -0.39 is 0 Å². The summed E-state index contributed by atoms with van der Waals surface area (Å²) < 4.78 is 0. The van der Waals surface area contributed by atoms with Crippen molar-refractivity contribution < 1.29 is 0 Å². The van der Waals surface area contributed by atoms with Crippen LogP contribution >= 0.6 is 0 Å². The van der Waals surface area contributed by atoms with Gasteiger partial charge in [-0.25, -0.2) is 0 Å². The third-order valence-corrected chi connectivity index (χ3v) is 16.5. The van der Waals surface area contributed by atoms with Crippen LogP contribution in [0, 0.1) is 23.7 Å². The minimum atomic E-state index is 0.158. The topological polar surface area (TPSA) is 3.24 Å². The summed E-state index contributed by atoms with van der Waals surface area (Å²) in [7, 11) is 0. The average Bonchev–Trinajstić information content (AvgIpc) is 3.58. The van der Waals surface area contributed by atoms with E-state index in [0.717, 1.165) is 40.7 Å². The summed E-state index contributed by atoms with van der Waals surface area (Å²) in [5, 5.41) is 0. The van der Waals surface area contributed by atoms with Crippen LogP contribution in [0.3, 0.4) is 0 Å². The van der Waals surface area contributed by atoms with Crippen LogP contribution in [0.2, 0.25) is 0 Å². The molecule has 0 unspecified atom stereocenters. The van der Waals surface area contributed by atoms with E-state index in [1.54, 1.807) is 11.1 Å². The van der Waals surface area contributed by atoms with Crippen molar-refractivity contribution in [3.8, 4) is 44.5 Å². The molecule has 7 aromatic rings. The van der Waals surface area contributed by atoms with Gasteiger partial charge in [-0.3, -0.25) is 0 Å². The Kier molecular flexibility index (Phi) is 8.32. The summed E-state index contributed by atoms with van der Waals surface area (Å²) >= 11 is 0. The van der Waals surface area contributed by atoms with Crippen molar-refractivity contribution in [2.24, 2.45) is 23.7 Å². The van der Waals surface area contributed by atoms with E-state index in [2.05, 4.69) is 196 Å². The maximum Gasteiger partial charge on any atom is 0.0467 e. The minimum Gasteiger partial charge on any atom is -0.310 e. The first-order valence-corrected chi connectivity index (χ1v) is 23.2. The molecule has 0 heterocycles. The van der Waals surface area contributed by atoms with Crippen molar-refractivity contribution in [3.63, 3.8) is 0 Å². The quantitative estimate of drug-likeness (QED) is 0.162. The second-order valence-electron chi connectivity index (χ2n) is 20.9. The summed E-state index contributed by atoms with van der Waals surface area (Å²) in [6, 6.07) is 62.7. The van der Waals surface area contributed by atoms with Gasteiger partial charge in [-0.1, -0.05) is 149 Å². The lowest BCUT2D eigenvalue weighted by Crippen LogP contribution is -2.55. The molecule has 6 aliphatic rings. The largest absolute Gasteiger partial charge is 0.310 e. The fourth-order valence-corrected chi connectivity index (χ4v) is 13.6. The van der Waals surface area contributed by atoms with Crippen molar-refractivity contribution in [2.45, 2.75) is 88.9 Å². The monoisotopic (exact) mass is 791 g/mol. The number of fused-ring (bicyclic) bond motifs is 4. The van der Waals surface area contributed by atoms with Crippen LogP contribution in [0.25, 0.3) is 44.5 Å². The number of anilines is 3. The molecule has 1 heteroatoms. The van der Waals surface area contributed by atoms with Crippen LogP contribution in [0.5, 0.6) is 0 Å². The van der Waals surface area contributed by atoms with Gasteiger partial charge in [0, 0.05) is 22.5 Å². The number of rotatable bonds is 6. The Labute approximate surface area is 363 Å². The highest BCUT2D eigenvalue weighted by atomic mass is 15.1. The summed E-state index contributed by atoms with van der Waals surface area (Å²) in [6.07, 6.45) is 9.55. The van der Waals surface area contributed by atoms with Gasteiger partial charge in [-0.15, -0.1) is 0 Å². The molecule has 6 aliphatic carbocycles. The Hall–Kier alpha value is -5.66. The molecule has 4 bridgehead atoms. The molecule has 0 atom stereocenters. The molecule has 61 heavy (non-hydrogen) atoms. The van der Waals surface area contributed by atoms with Gasteiger partial charge in [0.2, 0.25) is 0 Å². The lowest BCUT2D eigenvalue weighted by molar-refractivity contribution is -0.0399. The molecule has 0 radical (unpaired) electrons. The predicted octanol–water partition coefficient (Wildman–Crippen LogP) is 16.2. The maximum absolute atomic E-state index is 2.62. The minimum absolute atomic E-state index is 0.158. The Balaban J connectivity index is 0.935. The molecule has 1 spiro atoms. The zero-order chi connectivity index (χ0) is 41.1. The highest BCUT2D eigenvalue weighted by molar-refractivity contribution is 5.86. The molecular formula is C60H57N. The van der Waals surface area contributed by atoms with Crippen LogP contribution in [0.4, 0.5) is 17.1 Å². The SMILES string of the molecule is CC1(C)CCC(C)(C)c2cc(-c3cccc(N(c4ccc(-c5ccccc5)cc4)c4ccc(-c5ccc6c(c5)C5(c7ccccc7-6)C6CC7CC(C6)CC5C7)cc4)c3)ccc21. The zero-order valence-electron chi connectivity index (χ0n) is 36.3. The second-order valence-corrected chi connectivity index (χ2v) is 20.9. The standard InChI is InChI=1S/C60H57N/c1-58(2)29-30-59(3,4)57-38-46(22-28-55(57)58)44-13-10-14-51(36-44)61(49-23-17-42(18-24-49)41-11-6-5-7-12-41)50-25-19-43(20-26-50)45-21-27-53-52-15-8-9-16-54(52)60(56(53)37-45)47-32-39-31-40(34-47)35-48(60)33-39/h5-28,36-40,47-48H,29-35H2,1-4H3. The van der Waals surface area contributed by atoms with Gasteiger partial charge in [0.15, 0.2) is 0 Å². The Morgan fingerprint density at radius 2 is 0.852 bits per heavy atom. The number of hydrogen-bond donors (Lipinski definition) is 0. The molecular weight excluding hydrogens is 735 g/mol. The van der Waals surface area contributed by atoms with E-state index in [4.69, 9.17) is 0 Å². The summed E-state index contributed by atoms with van der Waals surface area (Å²) in [6.45, 7) is 9.68. The Morgan fingerprint density at radius 3 is 1.54 bits per heavy atom. The van der Waals surface area contributed by atoms with E-state index in [1.165, 1.54) is 101 Å². The van der Waals surface area contributed by atoms with Crippen LogP contribution in [0.15, 0.2) is 164 Å². The third-order valence-electron chi connectivity index (χ3n) is 16.5. The first-order chi connectivity index (χ1) is 29.7. The molecule has 0 N–H and O–H groups in total. The van der Waals surface area contributed by atoms with Crippen LogP contribution in [0.1, 0.15) is 94.9 Å². The Morgan fingerprint density at radius 1 is 0.361 bits per heavy atom. The first-order valence-electron chi connectivity index (χ1n) is 23.2. The highest BCUT2D eigenvalue weighted by Gasteiger charge is 2.61. The van der Waals surface area contributed by atoms with E-state index in [0.29, 0.717) is 0 Å². The Bertz CT molecular complexity index is 2780. The number of hydrogen-bond acceptors (Lipinski definition) is 1. The van der Waals surface area contributed by atoms with Crippen LogP contribution < -0.4 is 4.90 Å². The lowest BCUT2D eigenvalue weighted by atomic mass is 9.43. The van der Waals surface area contributed by atoms with Gasteiger partial charge in [-0.2, -0.15) is 0 Å². The van der Waals surface area contributed by atoms with Crippen molar-refractivity contribution in [1.82, 2.24) is 0 Å². The van der Waals surface area contributed by atoms with E-state index in [1.807, 2.05) is 0 Å². The molecule has 0 aliphatic heterocycles. The summed E-state index contributed by atoms with van der Waals surface area (Å²) in [4.78, 5) is 2.44. The fourth-order valence-electron chi connectivity index (χ4n) is 13.6. The second kappa shape index (κ2) is 13.7. The zero-order valence-corrected chi connectivity index (χ0v) is 36.3. The van der Waals surface area contributed by atoms with Crippen LogP contribution in [-0.4, -0.2) is 0 Å². The van der Waals surface area contributed by atoms with Gasteiger partial charge in [0.05, 0.1) is 0 Å². The molecule has 0 amide bonds. The smallest absolute Gasteiger partial charge is 0.0467 e. The fraction of sp³-hybridized carbons (Fsp3) is 0.300. The summed E-state index contributed by atoms with van der Waals surface area (Å²) in [5.41, 5.74) is 20.9. The molecule has 4 saturated carbocycles. The molecule has 0 aromatic heterocycles. The third kappa shape index (κ3) is 5.79. The van der Waals surface area contributed by atoms with E-state index in [-0.39, 0.29) is 16.2 Å². The number of benzene rings is 7. The summed E-state index contributed by atoms with van der Waals surface area (Å²) in [5.74, 6) is 3.41. The maximum atomic E-state index is 2.62. The first kappa shape index (κ1) is 37.1. The molecule has 4 fully saturated rings. The lowest BCUT2D eigenvalue weighted by Gasteiger charge is -2.61. The predicted molar refractivity (Wildman–Crippen MR) is 256 cm³/mol. The number of nitrogens with zero attached hydrogens (tertiary/aromatic N) is 1. The van der Waals surface area contributed by atoms with Gasteiger partial charge in [0.25, 0.3) is 0 Å². The average molecular weight is 792 g/mol. The normalized spacial score (nSPS) is 24.6. The molecule has 7 aromatic carbocycles. The van der Waals surface area contributed by atoms with Crippen molar-refractivity contribution >= 4 is 17.1 Å². The van der Waals surface area contributed by atoms with Crippen molar-refractivity contribution in [2.75, 3.05) is 4.90 Å². The van der Waals surface area contributed by atoms with Gasteiger partial charge < -0.3 is 4.90 Å². The van der Waals surface area contributed by atoms with Gasteiger partial charge in [0.1, 0.15) is 0 Å². The highest BCUT2D eigenvalue weighted by Crippen LogP contribution is 2.69. The molecule has 1 nitrogen and oxygen atoms in total. The molecule has 13 rings (SSSR count). The molecule has 302 valence electrons. The van der Waals surface area contributed by atoms with Crippen molar-refractivity contribution in [3.05, 3.63) is 186 Å². The van der Waals surface area contributed by atoms with E-state index >= 15 is 0 Å². The van der Waals surface area contributed by atoms with E-state index in [9.17, 15) is 0 Å². The van der Waals surface area contributed by atoms with Gasteiger partial charge in [-0.05, 0) is 189 Å². The van der Waals surface area contributed by atoms with Crippen LogP contribution in [-0.2, 0) is 16.2 Å². The molecule has 0 saturated heterocycles.